The molecule has 3 aliphatic rings. The number of carbonyl (C=O) groups is 1. The van der Waals surface area contributed by atoms with Gasteiger partial charge in [-0.15, -0.1) is 0 Å². The molecule has 6 heteroatoms. The molecule has 0 unspecified atom stereocenters. The zero-order valence-electron chi connectivity index (χ0n) is 17.5. The van der Waals surface area contributed by atoms with Crippen LogP contribution in [0.4, 0.5) is 5.69 Å². The maximum Gasteiger partial charge on any atom is 0.289 e. The second-order valence-corrected chi connectivity index (χ2v) is 9.02. The van der Waals surface area contributed by atoms with Gasteiger partial charge >= 0.3 is 0 Å². The van der Waals surface area contributed by atoms with Crippen molar-refractivity contribution in [3.8, 4) is 5.82 Å². The van der Waals surface area contributed by atoms with Crippen LogP contribution in [-0.4, -0.2) is 40.0 Å². The first-order valence-electron chi connectivity index (χ1n) is 10.8. The summed E-state index contributed by atoms with van der Waals surface area (Å²) in [5.41, 5.74) is 3.20. The van der Waals surface area contributed by atoms with Crippen LogP contribution in [0, 0.1) is 19.8 Å². The van der Waals surface area contributed by atoms with E-state index in [0.29, 0.717) is 12.3 Å². The van der Waals surface area contributed by atoms with Crippen molar-refractivity contribution in [3.05, 3.63) is 65.5 Å². The number of hydrogen-bond acceptors (Lipinski definition) is 4. The Morgan fingerprint density at radius 2 is 2.13 bits per heavy atom. The molecular formula is C24H26N4O2. The molecule has 0 bridgehead atoms. The molecule has 5 heterocycles. The number of carbonyl (C=O) groups excluding carboxylic acids is 1. The molecular weight excluding hydrogens is 376 g/mol. The van der Waals surface area contributed by atoms with Gasteiger partial charge in [-0.3, -0.25) is 4.79 Å². The summed E-state index contributed by atoms with van der Waals surface area (Å²) < 4.78 is 7.97. The van der Waals surface area contributed by atoms with Gasteiger partial charge in [-0.1, -0.05) is 0 Å². The summed E-state index contributed by atoms with van der Waals surface area (Å²) >= 11 is 0. The molecule has 154 valence electrons. The lowest BCUT2D eigenvalue weighted by Crippen LogP contribution is -2.53. The van der Waals surface area contributed by atoms with Crippen LogP contribution in [0.15, 0.2) is 47.1 Å². The predicted octanol–water partition coefficient (Wildman–Crippen LogP) is 4.05. The first-order chi connectivity index (χ1) is 14.6. The van der Waals surface area contributed by atoms with E-state index in [1.165, 1.54) is 24.2 Å². The molecule has 6 rings (SSSR count). The molecule has 6 nitrogen and oxygen atoms in total. The molecule has 1 atom stereocenters. The maximum atomic E-state index is 13.3. The molecule has 2 aliphatic heterocycles. The summed E-state index contributed by atoms with van der Waals surface area (Å²) in [4.78, 5) is 22.5. The van der Waals surface area contributed by atoms with E-state index in [1.54, 1.807) is 0 Å². The normalized spacial score (nSPS) is 22.5. The molecule has 30 heavy (non-hydrogen) atoms. The summed E-state index contributed by atoms with van der Waals surface area (Å²) in [6, 6.07) is 10.4. The molecule has 0 radical (unpaired) electrons. The van der Waals surface area contributed by atoms with E-state index in [9.17, 15) is 4.79 Å². The van der Waals surface area contributed by atoms with E-state index in [4.69, 9.17) is 9.40 Å². The summed E-state index contributed by atoms with van der Waals surface area (Å²) in [5, 5.41) is 0. The van der Waals surface area contributed by atoms with Gasteiger partial charge < -0.3 is 18.8 Å². The number of hydrogen-bond donors (Lipinski definition) is 0. The molecule has 2 fully saturated rings. The molecule has 1 spiro atoms. The highest BCUT2D eigenvalue weighted by Gasteiger charge is 2.52. The van der Waals surface area contributed by atoms with Crippen LogP contribution in [-0.2, 0) is 5.54 Å². The molecule has 1 saturated heterocycles. The fourth-order valence-corrected chi connectivity index (χ4v) is 5.16. The average Bonchev–Trinajstić information content (AvgIpc) is 3.13. The minimum absolute atomic E-state index is 0.00969. The molecule has 3 aromatic rings. The molecule has 1 aliphatic carbocycles. The smallest absolute Gasteiger partial charge is 0.289 e. The van der Waals surface area contributed by atoms with Gasteiger partial charge in [-0.25, -0.2) is 4.98 Å². The second kappa shape index (κ2) is 6.24. The number of anilines is 1. The maximum absolute atomic E-state index is 13.3. The lowest BCUT2D eigenvalue weighted by molar-refractivity contribution is 0.0749. The average molecular weight is 402 g/mol. The van der Waals surface area contributed by atoms with E-state index in [2.05, 4.69) is 33.9 Å². The highest BCUT2D eigenvalue weighted by atomic mass is 16.4. The molecule has 3 aromatic heterocycles. The monoisotopic (exact) mass is 402 g/mol. The van der Waals surface area contributed by atoms with Crippen molar-refractivity contribution in [2.24, 2.45) is 5.92 Å². The van der Waals surface area contributed by atoms with Crippen molar-refractivity contribution in [2.45, 2.75) is 38.6 Å². The number of likely N-dealkylation sites (tertiary alicyclic amines) is 1. The summed E-state index contributed by atoms with van der Waals surface area (Å²) in [5.74, 6) is 2.98. The van der Waals surface area contributed by atoms with Gasteiger partial charge in [0.2, 0.25) is 0 Å². The van der Waals surface area contributed by atoms with E-state index < -0.39 is 0 Å². The van der Waals surface area contributed by atoms with Crippen LogP contribution in [0.25, 0.3) is 5.82 Å². The summed E-state index contributed by atoms with van der Waals surface area (Å²) in [6.45, 7) is 6.30. The van der Waals surface area contributed by atoms with Crippen molar-refractivity contribution in [1.82, 2.24) is 14.5 Å². The highest BCUT2D eigenvalue weighted by molar-refractivity contribution is 5.92. The second-order valence-electron chi connectivity index (χ2n) is 9.02. The Balaban J connectivity index is 1.42. The number of aromatic nitrogens is 2. The van der Waals surface area contributed by atoms with Gasteiger partial charge in [0.1, 0.15) is 11.3 Å². The van der Waals surface area contributed by atoms with Gasteiger partial charge in [0.25, 0.3) is 5.91 Å². The topological polar surface area (TPSA) is 54.5 Å². The minimum atomic E-state index is -0.228. The van der Waals surface area contributed by atoms with Crippen molar-refractivity contribution in [3.63, 3.8) is 0 Å². The van der Waals surface area contributed by atoms with Crippen molar-refractivity contribution in [2.75, 3.05) is 24.5 Å². The Kier molecular flexibility index (Phi) is 3.70. The largest absolute Gasteiger partial charge is 0.456 e. The number of aryl methyl sites for hydroxylation is 2. The SMILES string of the molecule is Cc1cc(C(=O)N2CC[C@@]3(C2)c2cccn2-c2ncccc2N3CC2CC2)oc1C. The Morgan fingerprint density at radius 3 is 2.90 bits per heavy atom. The summed E-state index contributed by atoms with van der Waals surface area (Å²) in [6.07, 6.45) is 7.44. The Labute approximate surface area is 176 Å². The lowest BCUT2D eigenvalue weighted by atomic mass is 9.88. The Bertz CT molecular complexity index is 1120. The van der Waals surface area contributed by atoms with Crippen LogP contribution in [0.3, 0.4) is 0 Å². The van der Waals surface area contributed by atoms with E-state index in [1.807, 2.05) is 37.1 Å². The van der Waals surface area contributed by atoms with E-state index >= 15 is 0 Å². The quantitative estimate of drug-likeness (QED) is 0.663. The van der Waals surface area contributed by atoms with Crippen LogP contribution < -0.4 is 4.90 Å². The van der Waals surface area contributed by atoms with Gasteiger partial charge in [0, 0.05) is 25.5 Å². The van der Waals surface area contributed by atoms with E-state index in [0.717, 1.165) is 42.6 Å². The lowest BCUT2D eigenvalue weighted by Gasteiger charge is -2.47. The van der Waals surface area contributed by atoms with Gasteiger partial charge in [-0.2, -0.15) is 0 Å². The number of rotatable bonds is 3. The number of fused-ring (bicyclic) bond motifs is 4. The van der Waals surface area contributed by atoms with Gasteiger partial charge in [0.05, 0.1) is 17.9 Å². The van der Waals surface area contributed by atoms with Crippen LogP contribution in [0.2, 0.25) is 0 Å². The standard InChI is InChI=1S/C24H26N4O2/c1-16-13-20(30-17(16)2)23(29)26-12-9-24(15-26)21-6-4-11-27(21)22-19(5-3-10-25-22)28(24)14-18-7-8-18/h3-6,10-11,13,18H,7-9,12,14-15H2,1-2H3/t24-/m1/s1. The van der Waals surface area contributed by atoms with Crippen molar-refractivity contribution in [1.29, 1.82) is 0 Å². The van der Waals surface area contributed by atoms with Gasteiger partial charge in [0.15, 0.2) is 11.6 Å². The number of nitrogens with zero attached hydrogens (tertiary/aromatic N) is 4. The molecule has 1 saturated carbocycles. The fourth-order valence-electron chi connectivity index (χ4n) is 5.16. The third-order valence-electron chi connectivity index (χ3n) is 7.08. The molecule has 1 amide bonds. The zero-order chi connectivity index (χ0) is 20.5. The molecule has 0 aromatic carbocycles. The van der Waals surface area contributed by atoms with Crippen LogP contribution >= 0.6 is 0 Å². The fraction of sp³-hybridized carbons (Fsp3) is 0.417. The highest BCUT2D eigenvalue weighted by Crippen LogP contribution is 2.49. The Morgan fingerprint density at radius 1 is 1.27 bits per heavy atom. The number of pyridine rings is 1. The summed E-state index contributed by atoms with van der Waals surface area (Å²) in [7, 11) is 0. The number of amides is 1. The van der Waals surface area contributed by atoms with Crippen molar-refractivity contribution < 1.29 is 9.21 Å². The van der Waals surface area contributed by atoms with Crippen molar-refractivity contribution >= 4 is 11.6 Å². The van der Waals surface area contributed by atoms with Crippen LogP contribution in [0.5, 0.6) is 0 Å². The predicted molar refractivity (Wildman–Crippen MR) is 114 cm³/mol. The third kappa shape index (κ3) is 2.49. The van der Waals surface area contributed by atoms with Gasteiger partial charge in [-0.05, 0) is 74.9 Å². The van der Waals surface area contributed by atoms with Crippen LogP contribution in [0.1, 0.15) is 46.8 Å². The minimum Gasteiger partial charge on any atom is -0.456 e. The Hall–Kier alpha value is -3.02. The zero-order valence-corrected chi connectivity index (χ0v) is 17.5. The van der Waals surface area contributed by atoms with E-state index in [-0.39, 0.29) is 11.4 Å². The first-order valence-corrected chi connectivity index (χ1v) is 10.8. The first kappa shape index (κ1) is 17.8. The third-order valence-corrected chi connectivity index (χ3v) is 7.08. The molecule has 0 N–H and O–H groups in total. The number of furan rings is 1.